The summed E-state index contributed by atoms with van der Waals surface area (Å²) in [6.45, 7) is 4.17. The van der Waals surface area contributed by atoms with Crippen LogP contribution in [0.1, 0.15) is 32.1 Å². The predicted molar refractivity (Wildman–Crippen MR) is 117 cm³/mol. The first kappa shape index (κ1) is 21.8. The van der Waals surface area contributed by atoms with Gasteiger partial charge in [0.25, 0.3) is 17.6 Å². The molecule has 32 heavy (non-hydrogen) atoms. The van der Waals surface area contributed by atoms with Gasteiger partial charge in [0.1, 0.15) is 16.8 Å². The lowest BCUT2D eigenvalue weighted by atomic mass is 9.97. The molecule has 0 atom stereocenters. The molecule has 2 aromatic heterocycles. The van der Waals surface area contributed by atoms with E-state index in [2.05, 4.69) is 10.6 Å². The van der Waals surface area contributed by atoms with E-state index in [9.17, 15) is 14.4 Å². The molecule has 0 spiro atoms. The first-order valence-corrected chi connectivity index (χ1v) is 10.1. The molecule has 1 aromatic carbocycles. The van der Waals surface area contributed by atoms with Crippen LogP contribution in [0.4, 0.5) is 5.69 Å². The van der Waals surface area contributed by atoms with Gasteiger partial charge in [-0.25, -0.2) is 0 Å². The van der Waals surface area contributed by atoms with Crippen LogP contribution in [0.5, 0.6) is 0 Å². The van der Waals surface area contributed by atoms with Crippen molar-refractivity contribution in [3.63, 3.8) is 0 Å². The smallest absolute Gasteiger partial charge is 0.293 e. The molecule has 0 saturated carbocycles. The van der Waals surface area contributed by atoms with E-state index in [1.54, 1.807) is 49.9 Å². The van der Waals surface area contributed by atoms with E-state index in [1.807, 2.05) is 6.07 Å². The molecule has 168 valence electrons. The zero-order chi connectivity index (χ0) is 23.0. The quantitative estimate of drug-likeness (QED) is 0.432. The molecule has 1 aliphatic rings. The van der Waals surface area contributed by atoms with E-state index in [1.165, 1.54) is 7.11 Å². The van der Waals surface area contributed by atoms with Crippen LogP contribution in [0, 0.1) is 13.8 Å². The Labute approximate surface area is 184 Å². The maximum absolute atomic E-state index is 13.1. The monoisotopic (exact) mass is 439 g/mol. The molecule has 2 N–H and O–H groups in total. The summed E-state index contributed by atoms with van der Waals surface area (Å²) in [6, 6.07) is 7.12. The molecular weight excluding hydrogens is 414 g/mol. The zero-order valence-electron chi connectivity index (χ0n) is 18.4. The maximum Gasteiger partial charge on any atom is 0.293 e. The molecule has 1 fully saturated rings. The Morgan fingerprint density at radius 2 is 1.94 bits per heavy atom. The largest absolute Gasteiger partial charge is 0.464 e. The number of carbonyl (C=O) groups is 3. The van der Waals surface area contributed by atoms with Gasteiger partial charge in [-0.3, -0.25) is 14.4 Å². The highest BCUT2D eigenvalue weighted by Crippen LogP contribution is 2.25. The number of ketones is 1. The van der Waals surface area contributed by atoms with Crippen molar-refractivity contribution in [1.82, 2.24) is 9.88 Å². The number of rotatable bonds is 7. The van der Waals surface area contributed by atoms with Crippen LogP contribution >= 0.6 is 0 Å². The van der Waals surface area contributed by atoms with Gasteiger partial charge in [-0.15, -0.1) is 0 Å². The van der Waals surface area contributed by atoms with Crippen molar-refractivity contribution in [2.45, 2.75) is 19.4 Å². The number of hydrogen-bond acceptors (Lipinski definition) is 6. The number of benzene rings is 1. The van der Waals surface area contributed by atoms with Crippen molar-refractivity contribution in [1.29, 1.82) is 0 Å². The highest BCUT2D eigenvalue weighted by molar-refractivity contribution is 6.43. The average Bonchev–Trinajstić information content (AvgIpc) is 3.27. The molecule has 9 heteroatoms. The van der Waals surface area contributed by atoms with Gasteiger partial charge < -0.3 is 29.1 Å². The lowest BCUT2D eigenvalue weighted by Gasteiger charge is -2.41. The normalized spacial score (nSPS) is 14.8. The minimum absolute atomic E-state index is 0.216. The van der Waals surface area contributed by atoms with Crippen molar-refractivity contribution >= 4 is 34.3 Å². The average molecular weight is 439 g/mol. The summed E-state index contributed by atoms with van der Waals surface area (Å²) in [6.07, 6.45) is 1.58. The number of ether oxygens (including phenoxy) is 2. The number of Topliss-reactive ketones (excluding diaryl/α,β-unsaturated/α-hetero) is 1. The van der Waals surface area contributed by atoms with E-state index < -0.39 is 17.2 Å². The summed E-state index contributed by atoms with van der Waals surface area (Å²) in [4.78, 5) is 38.8. The standard InChI is InChI=1S/C23H25N3O6/c1-13-18(20(27)22(29)25-23(10-30-4)11-31-12-23)14(2)26(3)19(13)21(28)24-16-5-6-17-15(9-16)7-8-32-17/h5-9H,10-12H2,1-4H3,(H,24,28)(H,25,29). The number of hydrogen-bond donors (Lipinski definition) is 2. The fourth-order valence-corrected chi connectivity index (χ4v) is 4.10. The molecule has 4 rings (SSSR count). The molecule has 3 heterocycles. The first-order valence-electron chi connectivity index (χ1n) is 10.1. The third-order valence-corrected chi connectivity index (χ3v) is 5.85. The van der Waals surface area contributed by atoms with E-state index in [0.717, 1.165) is 11.0 Å². The highest BCUT2D eigenvalue weighted by atomic mass is 16.5. The van der Waals surface area contributed by atoms with Gasteiger partial charge in [-0.1, -0.05) is 0 Å². The minimum atomic E-state index is -0.750. The maximum atomic E-state index is 13.1. The van der Waals surface area contributed by atoms with Crippen LogP contribution in [0.2, 0.25) is 0 Å². The molecule has 0 aliphatic carbocycles. The van der Waals surface area contributed by atoms with Crippen molar-refractivity contribution in [3.05, 3.63) is 53.0 Å². The van der Waals surface area contributed by atoms with Crippen LogP contribution in [-0.2, 0) is 21.3 Å². The number of nitrogens with zero attached hydrogens (tertiary/aromatic N) is 1. The number of fused-ring (bicyclic) bond motifs is 1. The van der Waals surface area contributed by atoms with E-state index >= 15 is 0 Å². The Balaban J connectivity index is 1.58. The summed E-state index contributed by atoms with van der Waals surface area (Å²) in [5.74, 6) is -1.82. The predicted octanol–water partition coefficient (Wildman–Crippen LogP) is 2.35. The van der Waals surface area contributed by atoms with Gasteiger partial charge in [0.2, 0.25) is 0 Å². The summed E-state index contributed by atoms with van der Waals surface area (Å²) in [5.41, 5.74) is 2.11. The van der Waals surface area contributed by atoms with Gasteiger partial charge in [-0.05, 0) is 43.7 Å². The number of methoxy groups -OCH3 is 1. The molecular formula is C23H25N3O6. The number of anilines is 1. The Hall–Kier alpha value is -3.43. The fourth-order valence-electron chi connectivity index (χ4n) is 4.10. The molecule has 0 bridgehead atoms. The summed E-state index contributed by atoms with van der Waals surface area (Å²) >= 11 is 0. The Bertz CT molecular complexity index is 1220. The van der Waals surface area contributed by atoms with Crippen LogP contribution in [0.25, 0.3) is 11.0 Å². The third kappa shape index (κ3) is 3.69. The van der Waals surface area contributed by atoms with Crippen molar-refractivity contribution in [2.24, 2.45) is 7.05 Å². The molecule has 2 amide bonds. The lowest BCUT2D eigenvalue weighted by molar-refractivity contribution is -0.135. The third-order valence-electron chi connectivity index (χ3n) is 5.85. The number of amides is 2. The van der Waals surface area contributed by atoms with Crippen LogP contribution in [0.3, 0.4) is 0 Å². The lowest BCUT2D eigenvalue weighted by Crippen LogP contribution is -2.65. The van der Waals surface area contributed by atoms with Crippen LogP contribution in [-0.4, -0.2) is 54.6 Å². The Morgan fingerprint density at radius 1 is 1.19 bits per heavy atom. The Morgan fingerprint density at radius 3 is 2.59 bits per heavy atom. The molecule has 1 aliphatic heterocycles. The second-order valence-electron chi connectivity index (χ2n) is 8.11. The van der Waals surface area contributed by atoms with Gasteiger partial charge in [0.15, 0.2) is 0 Å². The molecule has 1 saturated heterocycles. The molecule has 3 aromatic rings. The SMILES string of the molecule is COCC1(NC(=O)C(=O)c2c(C)c(C(=O)Nc3ccc4occc4c3)n(C)c2C)COC1. The van der Waals surface area contributed by atoms with Crippen LogP contribution < -0.4 is 10.6 Å². The minimum Gasteiger partial charge on any atom is -0.464 e. The van der Waals surface area contributed by atoms with Gasteiger partial charge in [0.05, 0.1) is 31.6 Å². The van der Waals surface area contributed by atoms with Gasteiger partial charge in [-0.2, -0.15) is 0 Å². The van der Waals surface area contributed by atoms with Crippen molar-refractivity contribution < 1.29 is 28.3 Å². The molecule has 9 nitrogen and oxygen atoms in total. The number of aromatic nitrogens is 1. The zero-order valence-corrected chi connectivity index (χ0v) is 18.4. The van der Waals surface area contributed by atoms with Gasteiger partial charge >= 0.3 is 0 Å². The highest BCUT2D eigenvalue weighted by Gasteiger charge is 2.42. The fraction of sp³-hybridized carbons (Fsp3) is 0.348. The first-order chi connectivity index (χ1) is 15.3. The second kappa shape index (κ2) is 8.25. The molecule has 0 unspecified atom stereocenters. The second-order valence-corrected chi connectivity index (χ2v) is 8.11. The number of carbonyl (C=O) groups excluding carboxylic acids is 3. The Kier molecular flexibility index (Phi) is 5.62. The van der Waals surface area contributed by atoms with Crippen LogP contribution in [0.15, 0.2) is 34.9 Å². The summed E-state index contributed by atoms with van der Waals surface area (Å²) < 4.78 is 17.3. The van der Waals surface area contributed by atoms with Crippen molar-refractivity contribution in [2.75, 3.05) is 32.2 Å². The number of nitrogens with one attached hydrogen (secondary N) is 2. The topological polar surface area (TPSA) is 112 Å². The van der Waals surface area contributed by atoms with E-state index in [0.29, 0.717) is 22.6 Å². The molecule has 0 radical (unpaired) electrons. The van der Waals surface area contributed by atoms with E-state index in [4.69, 9.17) is 13.9 Å². The summed E-state index contributed by atoms with van der Waals surface area (Å²) in [5, 5.41) is 6.46. The van der Waals surface area contributed by atoms with Gasteiger partial charge in [0, 0.05) is 30.9 Å². The van der Waals surface area contributed by atoms with E-state index in [-0.39, 0.29) is 31.3 Å². The number of furan rings is 1. The summed E-state index contributed by atoms with van der Waals surface area (Å²) in [7, 11) is 3.21. The van der Waals surface area contributed by atoms with Crippen molar-refractivity contribution in [3.8, 4) is 0 Å².